The molecule has 1 spiro atoms. The zero-order chi connectivity index (χ0) is 10.6. The van der Waals surface area contributed by atoms with E-state index in [0.29, 0.717) is 5.41 Å². The van der Waals surface area contributed by atoms with Gasteiger partial charge in [0.05, 0.1) is 6.10 Å². The van der Waals surface area contributed by atoms with Gasteiger partial charge < -0.3 is 10.0 Å². The third-order valence-electron chi connectivity index (χ3n) is 3.70. The van der Waals surface area contributed by atoms with Crippen LogP contribution in [0, 0.1) is 5.41 Å². The molecule has 0 aromatic rings. The molecule has 0 bridgehead atoms. The maximum Gasteiger partial charge on any atom is 0.0550 e. The van der Waals surface area contributed by atoms with E-state index in [0.717, 1.165) is 12.8 Å². The molecule has 0 aromatic carbocycles. The Morgan fingerprint density at radius 1 is 1.21 bits per heavy atom. The molecule has 0 unspecified atom stereocenters. The van der Waals surface area contributed by atoms with E-state index in [-0.39, 0.29) is 6.10 Å². The van der Waals surface area contributed by atoms with Gasteiger partial charge in [-0.05, 0) is 50.7 Å². The number of hydrogen-bond donors (Lipinski definition) is 1. The first-order valence-electron chi connectivity index (χ1n) is 6.14. The summed E-state index contributed by atoms with van der Waals surface area (Å²) < 4.78 is 0. The van der Waals surface area contributed by atoms with Crippen molar-refractivity contribution >= 4 is 0 Å². The van der Waals surface area contributed by atoms with Gasteiger partial charge in [0, 0.05) is 0 Å². The molecule has 2 aliphatic rings. The van der Waals surface area contributed by atoms with Crippen LogP contribution in [0.25, 0.3) is 0 Å². The minimum atomic E-state index is 0.0261. The van der Waals surface area contributed by atoms with Gasteiger partial charge in [0.15, 0.2) is 0 Å². The standard InChI is InChI=1S/C10H19NO.C2H6/c1-2-11-5-3-10(4-6-11)7-9(12)8-10;1-2/h9,12H,2-8H2,1H3;1-2H3. The fourth-order valence-corrected chi connectivity index (χ4v) is 2.69. The van der Waals surface area contributed by atoms with E-state index in [1.54, 1.807) is 0 Å². The van der Waals surface area contributed by atoms with E-state index >= 15 is 0 Å². The normalized spacial score (nSPS) is 26.6. The number of hydrogen-bond acceptors (Lipinski definition) is 2. The third kappa shape index (κ3) is 2.48. The Balaban J connectivity index is 0.000000461. The molecule has 1 aliphatic carbocycles. The summed E-state index contributed by atoms with van der Waals surface area (Å²) in [7, 11) is 0. The van der Waals surface area contributed by atoms with Crippen LogP contribution in [0.5, 0.6) is 0 Å². The summed E-state index contributed by atoms with van der Waals surface area (Å²) in [5, 5.41) is 9.27. The summed E-state index contributed by atoms with van der Waals surface area (Å²) in [5.41, 5.74) is 0.561. The van der Waals surface area contributed by atoms with Gasteiger partial charge in [-0.2, -0.15) is 0 Å². The predicted octanol–water partition coefficient (Wildman–Crippen LogP) is 2.27. The second-order valence-corrected chi connectivity index (χ2v) is 4.50. The summed E-state index contributed by atoms with van der Waals surface area (Å²) in [5.74, 6) is 0. The fourth-order valence-electron chi connectivity index (χ4n) is 2.69. The Bertz CT molecular complexity index is 154. The number of aliphatic hydroxyl groups excluding tert-OH is 1. The molecule has 14 heavy (non-hydrogen) atoms. The molecule has 1 aliphatic heterocycles. The van der Waals surface area contributed by atoms with Crippen molar-refractivity contribution in [1.82, 2.24) is 4.90 Å². The Hall–Kier alpha value is -0.0800. The van der Waals surface area contributed by atoms with Gasteiger partial charge in [0.2, 0.25) is 0 Å². The number of nitrogens with zero attached hydrogens (tertiary/aromatic N) is 1. The lowest BCUT2D eigenvalue weighted by molar-refractivity contribution is -0.0672. The number of likely N-dealkylation sites (tertiary alicyclic amines) is 1. The molecule has 1 saturated carbocycles. The molecular weight excluding hydrogens is 174 g/mol. The van der Waals surface area contributed by atoms with Crippen LogP contribution in [0.15, 0.2) is 0 Å². The number of piperidine rings is 1. The molecule has 84 valence electrons. The van der Waals surface area contributed by atoms with Crippen molar-refractivity contribution in [1.29, 1.82) is 0 Å². The van der Waals surface area contributed by atoms with Crippen LogP contribution in [0.1, 0.15) is 46.5 Å². The lowest BCUT2D eigenvalue weighted by Gasteiger charge is -2.50. The maximum atomic E-state index is 9.27. The van der Waals surface area contributed by atoms with Crippen molar-refractivity contribution < 1.29 is 5.11 Å². The molecule has 2 rings (SSSR count). The van der Waals surface area contributed by atoms with Crippen LogP contribution in [0.3, 0.4) is 0 Å². The molecule has 0 aromatic heterocycles. The summed E-state index contributed by atoms with van der Waals surface area (Å²) >= 11 is 0. The van der Waals surface area contributed by atoms with Crippen molar-refractivity contribution in [3.05, 3.63) is 0 Å². The quantitative estimate of drug-likeness (QED) is 0.700. The van der Waals surface area contributed by atoms with E-state index in [4.69, 9.17) is 0 Å². The first-order chi connectivity index (χ1) is 6.74. The van der Waals surface area contributed by atoms with Gasteiger partial charge in [-0.3, -0.25) is 0 Å². The molecule has 1 saturated heterocycles. The van der Waals surface area contributed by atoms with Crippen LogP contribution in [-0.2, 0) is 0 Å². The van der Waals surface area contributed by atoms with Gasteiger partial charge in [0.1, 0.15) is 0 Å². The molecular formula is C12H25NO. The van der Waals surface area contributed by atoms with Gasteiger partial charge in [-0.25, -0.2) is 0 Å². The minimum Gasteiger partial charge on any atom is -0.393 e. The monoisotopic (exact) mass is 199 g/mol. The van der Waals surface area contributed by atoms with Crippen molar-refractivity contribution in [3.8, 4) is 0 Å². The lowest BCUT2D eigenvalue weighted by atomic mass is 9.61. The highest BCUT2D eigenvalue weighted by Crippen LogP contribution is 2.48. The van der Waals surface area contributed by atoms with Crippen LogP contribution >= 0.6 is 0 Å². The topological polar surface area (TPSA) is 23.5 Å². The number of rotatable bonds is 1. The fraction of sp³-hybridized carbons (Fsp3) is 1.00. The minimum absolute atomic E-state index is 0.0261. The summed E-state index contributed by atoms with van der Waals surface area (Å²) in [6.45, 7) is 9.93. The lowest BCUT2D eigenvalue weighted by Crippen LogP contribution is -2.48. The van der Waals surface area contributed by atoms with Gasteiger partial charge in [-0.15, -0.1) is 0 Å². The van der Waals surface area contributed by atoms with Crippen LogP contribution in [-0.4, -0.2) is 35.7 Å². The van der Waals surface area contributed by atoms with Crippen molar-refractivity contribution in [2.45, 2.75) is 52.6 Å². The zero-order valence-corrected chi connectivity index (χ0v) is 9.92. The maximum absolute atomic E-state index is 9.27. The number of aliphatic hydroxyl groups is 1. The van der Waals surface area contributed by atoms with E-state index in [9.17, 15) is 5.11 Å². The molecule has 2 heteroatoms. The average Bonchev–Trinajstić information content (AvgIpc) is 2.20. The molecule has 2 fully saturated rings. The van der Waals surface area contributed by atoms with E-state index < -0.39 is 0 Å². The molecule has 1 N–H and O–H groups in total. The van der Waals surface area contributed by atoms with Crippen LogP contribution in [0.4, 0.5) is 0 Å². The molecule has 0 atom stereocenters. The molecule has 0 radical (unpaired) electrons. The summed E-state index contributed by atoms with van der Waals surface area (Å²) in [6, 6.07) is 0. The van der Waals surface area contributed by atoms with Gasteiger partial charge in [0.25, 0.3) is 0 Å². The summed E-state index contributed by atoms with van der Waals surface area (Å²) in [4.78, 5) is 2.51. The Morgan fingerprint density at radius 2 is 1.71 bits per heavy atom. The van der Waals surface area contributed by atoms with Crippen molar-refractivity contribution in [3.63, 3.8) is 0 Å². The summed E-state index contributed by atoms with van der Waals surface area (Å²) in [6.07, 6.45) is 4.81. The van der Waals surface area contributed by atoms with Crippen LogP contribution < -0.4 is 0 Å². The highest BCUT2D eigenvalue weighted by molar-refractivity contribution is 4.96. The Labute approximate surface area is 88.3 Å². The zero-order valence-electron chi connectivity index (χ0n) is 9.92. The SMILES string of the molecule is CC.CCN1CCC2(CC1)CC(O)C2. The average molecular weight is 199 g/mol. The highest BCUT2D eigenvalue weighted by atomic mass is 16.3. The second kappa shape index (κ2) is 5.13. The van der Waals surface area contributed by atoms with E-state index in [1.807, 2.05) is 13.8 Å². The van der Waals surface area contributed by atoms with Crippen molar-refractivity contribution in [2.75, 3.05) is 19.6 Å². The Kier molecular flexibility index (Phi) is 4.39. The first-order valence-corrected chi connectivity index (χ1v) is 6.14. The van der Waals surface area contributed by atoms with Gasteiger partial charge >= 0.3 is 0 Å². The van der Waals surface area contributed by atoms with E-state index in [2.05, 4.69) is 11.8 Å². The van der Waals surface area contributed by atoms with Crippen LogP contribution in [0.2, 0.25) is 0 Å². The molecule has 2 nitrogen and oxygen atoms in total. The smallest absolute Gasteiger partial charge is 0.0550 e. The largest absolute Gasteiger partial charge is 0.393 e. The van der Waals surface area contributed by atoms with Crippen molar-refractivity contribution in [2.24, 2.45) is 5.41 Å². The third-order valence-corrected chi connectivity index (χ3v) is 3.70. The predicted molar refractivity (Wildman–Crippen MR) is 60.4 cm³/mol. The van der Waals surface area contributed by atoms with E-state index in [1.165, 1.54) is 32.5 Å². The highest BCUT2D eigenvalue weighted by Gasteiger charge is 2.44. The Morgan fingerprint density at radius 3 is 2.07 bits per heavy atom. The second-order valence-electron chi connectivity index (χ2n) is 4.50. The first kappa shape index (κ1) is 12.0. The molecule has 1 heterocycles. The van der Waals surface area contributed by atoms with Gasteiger partial charge in [-0.1, -0.05) is 20.8 Å². The molecule has 0 amide bonds.